The van der Waals surface area contributed by atoms with E-state index in [2.05, 4.69) is 37.2 Å². The molecule has 0 bridgehead atoms. The van der Waals surface area contributed by atoms with Gasteiger partial charge in [0, 0.05) is 24.3 Å². The van der Waals surface area contributed by atoms with Crippen LogP contribution in [0.5, 0.6) is 0 Å². The van der Waals surface area contributed by atoms with Crippen LogP contribution in [0.3, 0.4) is 0 Å². The van der Waals surface area contributed by atoms with Gasteiger partial charge in [-0.15, -0.1) is 0 Å². The summed E-state index contributed by atoms with van der Waals surface area (Å²) in [5, 5.41) is 3.39. The van der Waals surface area contributed by atoms with Gasteiger partial charge in [0.15, 0.2) is 0 Å². The quantitative estimate of drug-likeness (QED) is 0.759. The van der Waals surface area contributed by atoms with Crippen molar-refractivity contribution in [3.05, 3.63) is 29.3 Å². The van der Waals surface area contributed by atoms with Crippen LogP contribution in [-0.2, 0) is 0 Å². The minimum absolute atomic E-state index is 0.441. The fourth-order valence-corrected chi connectivity index (χ4v) is 1.74. The van der Waals surface area contributed by atoms with Crippen LogP contribution in [0.1, 0.15) is 18.1 Å². The Morgan fingerprint density at radius 1 is 1.47 bits per heavy atom. The van der Waals surface area contributed by atoms with E-state index >= 15 is 0 Å². The van der Waals surface area contributed by atoms with E-state index in [1.54, 1.807) is 0 Å². The Morgan fingerprint density at radius 2 is 2.18 bits per heavy atom. The Morgan fingerprint density at radius 3 is 2.76 bits per heavy atom. The lowest BCUT2D eigenvalue weighted by Gasteiger charge is -2.16. The zero-order valence-electron chi connectivity index (χ0n) is 10.8. The number of rotatable bonds is 6. The van der Waals surface area contributed by atoms with Gasteiger partial charge in [-0.1, -0.05) is 25.2 Å². The number of nitrogens with two attached hydrogens (primary N) is 1. The molecule has 0 saturated carbocycles. The third-order valence-electron chi connectivity index (χ3n) is 2.79. The molecular weight excluding hydrogens is 230 g/mol. The van der Waals surface area contributed by atoms with Crippen molar-refractivity contribution in [1.82, 2.24) is 4.90 Å². The molecule has 0 unspecified atom stereocenters. The van der Waals surface area contributed by atoms with Crippen LogP contribution in [0, 0.1) is 6.92 Å². The van der Waals surface area contributed by atoms with E-state index in [1.165, 1.54) is 5.56 Å². The lowest BCUT2D eigenvalue weighted by Crippen LogP contribution is -2.25. The first-order valence-corrected chi connectivity index (χ1v) is 6.28. The van der Waals surface area contributed by atoms with Gasteiger partial charge in [-0.2, -0.15) is 0 Å². The first-order valence-electron chi connectivity index (χ1n) is 5.87. The number of nitrogens with zero attached hydrogens (tertiary/aromatic N) is 1. The van der Waals surface area contributed by atoms with Crippen molar-refractivity contribution >= 4 is 22.9 Å². The highest BCUT2D eigenvalue weighted by Crippen LogP contribution is 2.17. The number of hydrogen-bond acceptors (Lipinski definition) is 3. The van der Waals surface area contributed by atoms with Gasteiger partial charge >= 0.3 is 0 Å². The highest BCUT2D eigenvalue weighted by atomic mass is 32.1. The minimum Gasteiger partial charge on any atom is -0.389 e. The van der Waals surface area contributed by atoms with Crippen molar-refractivity contribution in [3.63, 3.8) is 0 Å². The van der Waals surface area contributed by atoms with Crippen molar-refractivity contribution in [2.75, 3.05) is 32.0 Å². The van der Waals surface area contributed by atoms with Crippen LogP contribution < -0.4 is 11.1 Å². The average molecular weight is 251 g/mol. The van der Waals surface area contributed by atoms with Gasteiger partial charge in [-0.3, -0.25) is 0 Å². The smallest absolute Gasteiger partial charge is 0.106 e. The molecule has 0 aromatic heterocycles. The molecule has 0 aliphatic carbocycles. The number of benzene rings is 1. The highest BCUT2D eigenvalue weighted by Gasteiger charge is 2.05. The normalized spacial score (nSPS) is 10.6. The summed E-state index contributed by atoms with van der Waals surface area (Å²) in [4.78, 5) is 2.69. The molecule has 0 atom stereocenters. The second-order valence-corrected chi connectivity index (χ2v) is 4.68. The van der Waals surface area contributed by atoms with E-state index in [9.17, 15) is 0 Å². The molecular formula is C13H21N3S. The minimum atomic E-state index is 0.441. The number of aryl methyl sites for hydroxylation is 1. The van der Waals surface area contributed by atoms with E-state index in [-0.39, 0.29) is 0 Å². The standard InChI is InChI=1S/C13H21N3S/c1-4-16(3)8-7-15-12-9-10(2)5-6-11(12)13(14)17/h5-6,9,15H,4,7-8H2,1-3H3,(H2,14,17). The van der Waals surface area contributed by atoms with Gasteiger partial charge in [0.1, 0.15) is 4.99 Å². The Labute approximate surface area is 109 Å². The van der Waals surface area contributed by atoms with Crippen molar-refractivity contribution in [2.45, 2.75) is 13.8 Å². The Bertz CT molecular complexity index is 390. The first kappa shape index (κ1) is 13.9. The lowest BCUT2D eigenvalue weighted by molar-refractivity contribution is 0.367. The Kier molecular flexibility index (Phi) is 5.38. The lowest BCUT2D eigenvalue weighted by atomic mass is 10.1. The summed E-state index contributed by atoms with van der Waals surface area (Å²) in [6.07, 6.45) is 0. The Hall–Kier alpha value is -1.13. The zero-order chi connectivity index (χ0) is 12.8. The highest BCUT2D eigenvalue weighted by molar-refractivity contribution is 7.80. The number of nitrogens with one attached hydrogen (secondary N) is 1. The van der Waals surface area contributed by atoms with Crippen molar-refractivity contribution in [3.8, 4) is 0 Å². The van der Waals surface area contributed by atoms with Gasteiger partial charge < -0.3 is 16.0 Å². The fourth-order valence-electron chi connectivity index (χ4n) is 1.56. The first-order chi connectivity index (χ1) is 8.04. The monoisotopic (exact) mass is 251 g/mol. The molecule has 0 fully saturated rings. The van der Waals surface area contributed by atoms with Crippen LogP contribution in [0.2, 0.25) is 0 Å². The van der Waals surface area contributed by atoms with E-state index in [0.717, 1.165) is 30.9 Å². The zero-order valence-corrected chi connectivity index (χ0v) is 11.6. The molecule has 1 aromatic rings. The SMILES string of the molecule is CCN(C)CCNc1cc(C)ccc1C(N)=S. The molecule has 0 amide bonds. The van der Waals surface area contributed by atoms with E-state index in [4.69, 9.17) is 18.0 Å². The molecule has 1 aromatic carbocycles. The third kappa shape index (κ3) is 4.32. The molecule has 3 N–H and O–H groups in total. The molecule has 0 aliphatic heterocycles. The topological polar surface area (TPSA) is 41.3 Å². The van der Waals surface area contributed by atoms with Crippen LogP contribution in [-0.4, -0.2) is 36.6 Å². The molecule has 4 heteroatoms. The largest absolute Gasteiger partial charge is 0.389 e. The second-order valence-electron chi connectivity index (χ2n) is 4.24. The fraction of sp³-hybridized carbons (Fsp3) is 0.462. The van der Waals surface area contributed by atoms with Gasteiger partial charge in [0.2, 0.25) is 0 Å². The average Bonchev–Trinajstić information content (AvgIpc) is 2.28. The predicted molar refractivity (Wildman–Crippen MR) is 78.7 cm³/mol. The van der Waals surface area contributed by atoms with Crippen molar-refractivity contribution in [1.29, 1.82) is 0 Å². The molecule has 17 heavy (non-hydrogen) atoms. The number of hydrogen-bond donors (Lipinski definition) is 2. The summed E-state index contributed by atoms with van der Waals surface area (Å²) < 4.78 is 0. The van der Waals surface area contributed by atoms with E-state index < -0.39 is 0 Å². The second kappa shape index (κ2) is 6.57. The molecule has 3 nitrogen and oxygen atoms in total. The summed E-state index contributed by atoms with van der Waals surface area (Å²) in [5.41, 5.74) is 8.86. The van der Waals surface area contributed by atoms with Crippen LogP contribution in [0.4, 0.5) is 5.69 Å². The van der Waals surface area contributed by atoms with Crippen LogP contribution in [0.15, 0.2) is 18.2 Å². The maximum atomic E-state index is 5.70. The maximum Gasteiger partial charge on any atom is 0.106 e. The molecule has 94 valence electrons. The van der Waals surface area contributed by atoms with Crippen molar-refractivity contribution in [2.24, 2.45) is 5.73 Å². The van der Waals surface area contributed by atoms with Crippen molar-refractivity contribution < 1.29 is 0 Å². The molecule has 1 rings (SSSR count). The Balaban J connectivity index is 2.68. The molecule has 0 spiro atoms. The van der Waals surface area contributed by atoms with Gasteiger partial charge in [-0.05, 0) is 38.2 Å². The molecule has 0 radical (unpaired) electrons. The summed E-state index contributed by atoms with van der Waals surface area (Å²) in [5.74, 6) is 0. The summed E-state index contributed by atoms with van der Waals surface area (Å²) in [7, 11) is 2.10. The number of anilines is 1. The van der Waals surface area contributed by atoms with Gasteiger partial charge in [0.05, 0.1) is 0 Å². The summed E-state index contributed by atoms with van der Waals surface area (Å²) >= 11 is 5.05. The molecule has 0 saturated heterocycles. The van der Waals surface area contributed by atoms with E-state index in [0.29, 0.717) is 4.99 Å². The molecule has 0 heterocycles. The summed E-state index contributed by atoms with van der Waals surface area (Å²) in [6, 6.07) is 6.09. The van der Waals surface area contributed by atoms with Gasteiger partial charge in [-0.25, -0.2) is 0 Å². The maximum absolute atomic E-state index is 5.70. The third-order valence-corrected chi connectivity index (χ3v) is 3.01. The number of thiocarbonyl (C=S) groups is 1. The summed E-state index contributed by atoms with van der Waals surface area (Å²) in [6.45, 7) is 7.15. The van der Waals surface area contributed by atoms with E-state index in [1.807, 2.05) is 12.1 Å². The number of likely N-dealkylation sites (N-methyl/N-ethyl adjacent to an activating group) is 1. The van der Waals surface area contributed by atoms with Crippen LogP contribution in [0.25, 0.3) is 0 Å². The van der Waals surface area contributed by atoms with Crippen LogP contribution >= 0.6 is 12.2 Å². The van der Waals surface area contributed by atoms with Gasteiger partial charge in [0.25, 0.3) is 0 Å². The molecule has 0 aliphatic rings. The predicted octanol–water partition coefficient (Wildman–Crippen LogP) is 1.99.